The van der Waals surface area contributed by atoms with Crippen molar-refractivity contribution in [2.45, 2.75) is 38.3 Å². The summed E-state index contributed by atoms with van der Waals surface area (Å²) in [5.74, 6) is -0.770. The Morgan fingerprint density at radius 1 is 1.38 bits per heavy atom. The molecule has 1 saturated heterocycles. The van der Waals surface area contributed by atoms with Gasteiger partial charge in [-0.3, -0.25) is 4.79 Å². The maximum atomic E-state index is 15.0. The summed E-state index contributed by atoms with van der Waals surface area (Å²) in [6, 6.07) is 1.84. The molecule has 2 aliphatic rings. The normalized spacial score (nSPS) is 20.0. The third kappa shape index (κ3) is 2.70. The highest BCUT2D eigenvalue weighted by Gasteiger charge is 2.30. The molecule has 0 amide bonds. The van der Waals surface area contributed by atoms with Crippen LogP contribution in [0.1, 0.15) is 30.9 Å². The second kappa shape index (κ2) is 5.98. The van der Waals surface area contributed by atoms with Crippen molar-refractivity contribution < 1.29 is 19.0 Å². The minimum Gasteiger partial charge on any atom is -0.449 e. The number of nitrogens with two attached hydrogens (primary N) is 1. The van der Waals surface area contributed by atoms with Gasteiger partial charge in [-0.15, -0.1) is 0 Å². The predicted molar refractivity (Wildman–Crippen MR) is 94.6 cm³/mol. The molecule has 26 heavy (non-hydrogen) atoms. The van der Waals surface area contributed by atoms with Gasteiger partial charge in [-0.2, -0.15) is 0 Å². The Morgan fingerprint density at radius 3 is 2.69 bits per heavy atom. The molecule has 1 aromatic heterocycles. The molecule has 1 aliphatic carbocycles. The second-order valence-corrected chi connectivity index (χ2v) is 7.05. The summed E-state index contributed by atoms with van der Waals surface area (Å²) < 4.78 is 21.5. The van der Waals surface area contributed by atoms with Crippen molar-refractivity contribution in [1.82, 2.24) is 4.57 Å². The van der Waals surface area contributed by atoms with E-state index < -0.39 is 17.4 Å². The molecule has 138 valence electrons. The van der Waals surface area contributed by atoms with Crippen LogP contribution >= 0.6 is 0 Å². The summed E-state index contributed by atoms with van der Waals surface area (Å²) >= 11 is 0. The SMILES string of the molecule is Cc1c(F)c(N2CC[C@H](N)C2)cc2c1c(=O)c(OC(=O)O)cn2C1CC1. The summed E-state index contributed by atoms with van der Waals surface area (Å²) in [4.78, 5) is 25.5. The molecule has 1 aromatic carbocycles. The lowest BCUT2D eigenvalue weighted by Gasteiger charge is -2.22. The topological polar surface area (TPSA) is 97.8 Å². The number of ether oxygens (including phenoxy) is 1. The van der Waals surface area contributed by atoms with Crippen molar-refractivity contribution in [3.63, 3.8) is 0 Å². The van der Waals surface area contributed by atoms with Crippen LogP contribution in [-0.4, -0.2) is 35.0 Å². The van der Waals surface area contributed by atoms with Gasteiger partial charge in [0.15, 0.2) is 5.75 Å². The van der Waals surface area contributed by atoms with Crippen molar-refractivity contribution in [2.75, 3.05) is 18.0 Å². The van der Waals surface area contributed by atoms with Gasteiger partial charge in [0.05, 0.1) is 22.8 Å². The van der Waals surface area contributed by atoms with Crippen LogP contribution < -0.4 is 20.8 Å². The highest BCUT2D eigenvalue weighted by Crippen LogP contribution is 2.40. The van der Waals surface area contributed by atoms with Gasteiger partial charge >= 0.3 is 6.16 Å². The minimum absolute atomic E-state index is 0.00220. The highest BCUT2D eigenvalue weighted by molar-refractivity contribution is 5.88. The zero-order chi connectivity index (χ0) is 18.6. The lowest BCUT2D eigenvalue weighted by Crippen LogP contribution is -2.27. The van der Waals surface area contributed by atoms with Gasteiger partial charge in [-0.25, -0.2) is 9.18 Å². The molecule has 0 bridgehead atoms. The average molecular weight is 361 g/mol. The average Bonchev–Trinajstić information content (AvgIpc) is 3.33. The maximum Gasteiger partial charge on any atom is 0.511 e. The maximum absolute atomic E-state index is 15.0. The molecule has 0 unspecified atom stereocenters. The first-order valence-electron chi connectivity index (χ1n) is 8.66. The smallest absolute Gasteiger partial charge is 0.449 e. The number of aromatic nitrogens is 1. The Labute approximate surface area is 148 Å². The van der Waals surface area contributed by atoms with Crippen molar-refractivity contribution >= 4 is 22.7 Å². The standard InChI is InChI=1S/C18H20FN3O4/c1-9-15-12(6-13(16(9)19)21-5-4-10(20)7-21)22(11-2-3-11)8-14(17(15)23)26-18(24)25/h6,8,10-11H,2-5,7,20H2,1H3,(H,24,25)/t10-/m0/s1. The third-order valence-electron chi connectivity index (χ3n) is 5.15. The van der Waals surface area contributed by atoms with Gasteiger partial charge in [0.1, 0.15) is 5.82 Å². The molecule has 1 saturated carbocycles. The number of hydrogen-bond acceptors (Lipinski definition) is 5. The van der Waals surface area contributed by atoms with E-state index in [2.05, 4.69) is 4.74 Å². The summed E-state index contributed by atoms with van der Waals surface area (Å²) in [6.45, 7) is 2.77. The summed E-state index contributed by atoms with van der Waals surface area (Å²) in [5, 5.41) is 9.05. The van der Waals surface area contributed by atoms with E-state index in [0.717, 1.165) is 19.3 Å². The lowest BCUT2D eigenvalue weighted by atomic mass is 10.1. The molecule has 3 N–H and O–H groups in total. The molecule has 2 aromatic rings. The zero-order valence-electron chi connectivity index (χ0n) is 14.4. The fraction of sp³-hybridized carbons (Fsp3) is 0.444. The summed E-state index contributed by atoms with van der Waals surface area (Å²) in [5.41, 5.74) is 6.58. The van der Waals surface area contributed by atoms with Gasteiger partial charge in [0.2, 0.25) is 5.43 Å². The molecule has 4 rings (SSSR count). The zero-order valence-corrected chi connectivity index (χ0v) is 14.4. The van der Waals surface area contributed by atoms with Crippen LogP contribution in [0.2, 0.25) is 0 Å². The Morgan fingerprint density at radius 2 is 2.12 bits per heavy atom. The van der Waals surface area contributed by atoms with E-state index in [1.54, 1.807) is 13.0 Å². The monoisotopic (exact) mass is 361 g/mol. The van der Waals surface area contributed by atoms with E-state index in [1.165, 1.54) is 6.20 Å². The van der Waals surface area contributed by atoms with Crippen LogP contribution in [0.25, 0.3) is 10.9 Å². The number of hydrogen-bond donors (Lipinski definition) is 2. The van der Waals surface area contributed by atoms with Gasteiger partial charge in [0.25, 0.3) is 0 Å². The number of pyridine rings is 1. The quantitative estimate of drug-likeness (QED) is 0.815. The predicted octanol–water partition coefficient (Wildman–Crippen LogP) is 2.38. The first kappa shape index (κ1) is 16.8. The van der Waals surface area contributed by atoms with Gasteiger partial charge in [-0.1, -0.05) is 0 Å². The number of benzene rings is 1. The molecule has 2 fully saturated rings. The van der Waals surface area contributed by atoms with Crippen molar-refractivity contribution in [2.24, 2.45) is 5.73 Å². The number of halogens is 1. The van der Waals surface area contributed by atoms with E-state index in [9.17, 15) is 9.59 Å². The van der Waals surface area contributed by atoms with Crippen LogP contribution in [0.5, 0.6) is 5.75 Å². The largest absolute Gasteiger partial charge is 0.511 e. The fourth-order valence-electron chi connectivity index (χ4n) is 3.68. The number of carboxylic acid groups (broad SMARTS) is 1. The van der Waals surface area contributed by atoms with Crippen LogP contribution in [0.4, 0.5) is 14.9 Å². The van der Waals surface area contributed by atoms with Crippen LogP contribution in [-0.2, 0) is 0 Å². The lowest BCUT2D eigenvalue weighted by molar-refractivity contribution is 0.143. The molecular weight excluding hydrogens is 341 g/mol. The molecule has 0 radical (unpaired) electrons. The Hall–Kier alpha value is -2.61. The van der Waals surface area contributed by atoms with E-state index in [4.69, 9.17) is 10.8 Å². The number of rotatable bonds is 3. The molecular formula is C18H20FN3O4. The van der Waals surface area contributed by atoms with Gasteiger partial charge in [0, 0.05) is 30.7 Å². The number of anilines is 1. The molecule has 0 spiro atoms. The number of nitrogens with zero attached hydrogens (tertiary/aromatic N) is 2. The van der Waals surface area contributed by atoms with E-state index in [0.29, 0.717) is 24.3 Å². The first-order valence-corrected chi connectivity index (χ1v) is 8.66. The van der Waals surface area contributed by atoms with E-state index in [-0.39, 0.29) is 28.8 Å². The highest BCUT2D eigenvalue weighted by atomic mass is 19.1. The van der Waals surface area contributed by atoms with Crippen LogP contribution in [0.3, 0.4) is 0 Å². The molecule has 8 heteroatoms. The van der Waals surface area contributed by atoms with Gasteiger partial charge < -0.3 is 25.0 Å². The molecule has 2 heterocycles. The van der Waals surface area contributed by atoms with Crippen molar-refractivity contribution in [1.29, 1.82) is 0 Å². The summed E-state index contributed by atoms with van der Waals surface area (Å²) in [6.07, 6.45) is 2.49. The molecule has 7 nitrogen and oxygen atoms in total. The first-order chi connectivity index (χ1) is 12.4. The van der Waals surface area contributed by atoms with Crippen LogP contribution in [0.15, 0.2) is 17.1 Å². The Kier molecular flexibility index (Phi) is 3.87. The molecule has 1 aliphatic heterocycles. The number of aryl methyl sites for hydroxylation is 1. The third-order valence-corrected chi connectivity index (χ3v) is 5.15. The van der Waals surface area contributed by atoms with Crippen molar-refractivity contribution in [3.05, 3.63) is 33.9 Å². The second-order valence-electron chi connectivity index (χ2n) is 7.05. The van der Waals surface area contributed by atoms with Crippen molar-refractivity contribution in [3.8, 4) is 5.75 Å². The van der Waals surface area contributed by atoms with Crippen LogP contribution in [0, 0.1) is 12.7 Å². The van der Waals surface area contributed by atoms with E-state index >= 15 is 4.39 Å². The minimum atomic E-state index is -1.57. The van der Waals surface area contributed by atoms with Gasteiger partial charge in [-0.05, 0) is 32.3 Å². The van der Waals surface area contributed by atoms with E-state index in [1.807, 2.05) is 9.47 Å². The number of carbonyl (C=O) groups is 1. The Bertz CT molecular complexity index is 967. The summed E-state index contributed by atoms with van der Waals surface area (Å²) in [7, 11) is 0. The fourth-order valence-corrected chi connectivity index (χ4v) is 3.68. The Balaban J connectivity index is 1.97. The molecule has 1 atom stereocenters. The number of fused-ring (bicyclic) bond motifs is 1.